The van der Waals surface area contributed by atoms with Gasteiger partial charge in [-0.15, -0.1) is 0 Å². The molecule has 0 saturated heterocycles. The molecule has 150 valence electrons. The Bertz CT molecular complexity index is 930. The van der Waals surface area contributed by atoms with Gasteiger partial charge >= 0.3 is 6.18 Å². The summed E-state index contributed by atoms with van der Waals surface area (Å²) in [5.74, 6) is -0.997. The first kappa shape index (κ1) is 21.4. The first-order valence-corrected chi connectivity index (χ1v) is 9.35. The maximum Gasteiger partial charge on any atom is 0.402 e. The molecule has 0 fully saturated rings. The average molecular weight is 415 g/mol. The molecule has 2 aromatic rings. The Hall–Kier alpha value is -2.92. The summed E-state index contributed by atoms with van der Waals surface area (Å²) in [6.45, 7) is -2.00. The largest absolute Gasteiger partial charge is 0.402 e. The third-order valence-electron chi connectivity index (χ3n) is 3.36. The number of nitrogens with one attached hydrogen (secondary N) is 3. The van der Waals surface area contributed by atoms with Crippen LogP contribution in [0.25, 0.3) is 0 Å². The number of rotatable bonds is 7. The molecule has 2 aromatic carbocycles. The van der Waals surface area contributed by atoms with Gasteiger partial charge in [-0.25, -0.2) is 13.1 Å². The highest BCUT2D eigenvalue weighted by atomic mass is 32.2. The highest BCUT2D eigenvalue weighted by Gasteiger charge is 2.30. The first-order chi connectivity index (χ1) is 13.1. The van der Waals surface area contributed by atoms with Crippen LogP contribution >= 0.6 is 0 Å². The van der Waals surface area contributed by atoms with Crippen molar-refractivity contribution in [3.63, 3.8) is 0 Å². The second-order valence-electron chi connectivity index (χ2n) is 5.56. The number of carbonyl (C=O) groups excluding carboxylic acids is 2. The Kier molecular flexibility index (Phi) is 6.75. The maximum absolute atomic E-state index is 12.1. The van der Waals surface area contributed by atoms with Crippen LogP contribution in [0.3, 0.4) is 0 Å². The zero-order valence-electron chi connectivity index (χ0n) is 14.3. The van der Waals surface area contributed by atoms with Crippen molar-refractivity contribution in [3.05, 3.63) is 60.2 Å². The van der Waals surface area contributed by atoms with Crippen LogP contribution in [0.15, 0.2) is 59.5 Å². The second-order valence-corrected chi connectivity index (χ2v) is 7.33. The minimum Gasteiger partial charge on any atom is -0.343 e. The van der Waals surface area contributed by atoms with E-state index in [1.165, 1.54) is 16.9 Å². The summed E-state index contributed by atoms with van der Waals surface area (Å²) in [5, 5.41) is 4.86. The molecule has 0 spiro atoms. The zero-order chi connectivity index (χ0) is 20.8. The summed E-state index contributed by atoms with van der Waals surface area (Å²) >= 11 is 0. The zero-order valence-corrected chi connectivity index (χ0v) is 15.1. The number of halogens is 3. The molecule has 2 amide bonds. The van der Waals surface area contributed by atoms with Crippen LogP contribution in [0.1, 0.15) is 10.4 Å². The van der Waals surface area contributed by atoms with Crippen molar-refractivity contribution < 1.29 is 31.2 Å². The molecule has 2 rings (SSSR count). The van der Waals surface area contributed by atoms with Crippen molar-refractivity contribution in [2.24, 2.45) is 0 Å². The molecular formula is C17H16F3N3O4S. The molecule has 0 aliphatic rings. The van der Waals surface area contributed by atoms with E-state index >= 15 is 0 Å². The normalized spacial score (nSPS) is 11.7. The smallest absolute Gasteiger partial charge is 0.343 e. The van der Waals surface area contributed by atoms with Crippen LogP contribution in [0.5, 0.6) is 0 Å². The molecule has 3 N–H and O–H groups in total. The fourth-order valence-electron chi connectivity index (χ4n) is 2.03. The van der Waals surface area contributed by atoms with Crippen molar-refractivity contribution in [3.8, 4) is 0 Å². The van der Waals surface area contributed by atoms with Crippen LogP contribution in [-0.4, -0.2) is 39.5 Å². The van der Waals surface area contributed by atoms with Crippen LogP contribution < -0.4 is 15.4 Å². The average Bonchev–Trinajstić information content (AvgIpc) is 2.65. The monoisotopic (exact) mass is 415 g/mol. The van der Waals surface area contributed by atoms with Gasteiger partial charge in [0.05, 0.1) is 11.4 Å². The topological polar surface area (TPSA) is 104 Å². The highest BCUT2D eigenvalue weighted by molar-refractivity contribution is 7.89. The predicted octanol–water partition coefficient (Wildman–Crippen LogP) is 1.90. The fraction of sp³-hybridized carbons (Fsp3) is 0.176. The van der Waals surface area contributed by atoms with Gasteiger partial charge < -0.3 is 10.6 Å². The Morgan fingerprint density at radius 1 is 0.929 bits per heavy atom. The molecular weight excluding hydrogens is 399 g/mol. The lowest BCUT2D eigenvalue weighted by atomic mass is 10.2. The van der Waals surface area contributed by atoms with Gasteiger partial charge in [-0.05, 0) is 36.4 Å². The van der Waals surface area contributed by atoms with Crippen LogP contribution in [0, 0.1) is 0 Å². The summed E-state index contributed by atoms with van der Waals surface area (Å²) in [7, 11) is -4.33. The van der Waals surface area contributed by atoms with E-state index in [1.54, 1.807) is 30.3 Å². The number of sulfonamides is 1. The van der Waals surface area contributed by atoms with E-state index in [0.717, 1.165) is 12.1 Å². The summed E-state index contributed by atoms with van der Waals surface area (Å²) in [4.78, 5) is 23.3. The summed E-state index contributed by atoms with van der Waals surface area (Å²) in [6.07, 6.45) is -4.68. The molecule has 0 saturated carbocycles. The summed E-state index contributed by atoms with van der Waals surface area (Å²) in [5.41, 5.74) is 0.602. The SMILES string of the molecule is O=C(CNC(=O)c1ccccc1)Nc1ccc(S(=O)(=O)NCC(F)(F)F)cc1. The second kappa shape index (κ2) is 8.85. The van der Waals surface area contributed by atoms with Crippen molar-refractivity contribution in [1.82, 2.24) is 10.0 Å². The third kappa shape index (κ3) is 6.67. The van der Waals surface area contributed by atoms with Gasteiger partial charge in [-0.1, -0.05) is 18.2 Å². The van der Waals surface area contributed by atoms with Gasteiger partial charge in [0.15, 0.2) is 0 Å². The van der Waals surface area contributed by atoms with Crippen LogP contribution in [0.2, 0.25) is 0 Å². The summed E-state index contributed by atoms with van der Waals surface area (Å²) in [6, 6.07) is 12.8. The molecule has 0 radical (unpaired) electrons. The van der Waals surface area contributed by atoms with Gasteiger partial charge in [0.2, 0.25) is 15.9 Å². The molecule has 0 bridgehead atoms. The lowest BCUT2D eigenvalue weighted by Gasteiger charge is -2.10. The molecule has 0 aliphatic carbocycles. The molecule has 0 heterocycles. The number of carbonyl (C=O) groups is 2. The Balaban J connectivity index is 1.89. The predicted molar refractivity (Wildman–Crippen MR) is 95.1 cm³/mol. The molecule has 0 aliphatic heterocycles. The van der Waals surface area contributed by atoms with Crippen molar-refractivity contribution >= 4 is 27.5 Å². The third-order valence-corrected chi connectivity index (χ3v) is 4.77. The first-order valence-electron chi connectivity index (χ1n) is 7.86. The van der Waals surface area contributed by atoms with E-state index in [4.69, 9.17) is 0 Å². The van der Waals surface area contributed by atoms with Gasteiger partial charge in [0, 0.05) is 11.3 Å². The standard InChI is InChI=1S/C17H16F3N3O4S/c18-17(19,20)11-22-28(26,27)14-8-6-13(7-9-14)23-15(24)10-21-16(25)12-4-2-1-3-5-12/h1-9,22H,10-11H2,(H,21,25)(H,23,24). The molecule has 0 unspecified atom stereocenters. The van der Waals surface area contributed by atoms with E-state index < -0.39 is 34.6 Å². The van der Waals surface area contributed by atoms with E-state index in [9.17, 15) is 31.2 Å². The molecule has 7 nitrogen and oxygen atoms in total. The molecule has 28 heavy (non-hydrogen) atoms. The molecule has 11 heteroatoms. The molecule has 0 atom stereocenters. The summed E-state index contributed by atoms with van der Waals surface area (Å²) < 4.78 is 61.4. The minimum atomic E-state index is -4.68. The van der Waals surface area contributed by atoms with E-state index in [-0.39, 0.29) is 17.1 Å². The number of amides is 2. The lowest BCUT2D eigenvalue weighted by Crippen LogP contribution is -2.33. The Morgan fingerprint density at radius 2 is 1.54 bits per heavy atom. The van der Waals surface area contributed by atoms with Gasteiger partial charge in [0.25, 0.3) is 5.91 Å². The van der Waals surface area contributed by atoms with Crippen molar-refractivity contribution in [2.45, 2.75) is 11.1 Å². The number of hydrogen-bond acceptors (Lipinski definition) is 4. The number of anilines is 1. The van der Waals surface area contributed by atoms with Crippen molar-refractivity contribution in [1.29, 1.82) is 0 Å². The lowest BCUT2D eigenvalue weighted by molar-refractivity contribution is -0.121. The number of benzene rings is 2. The quantitative estimate of drug-likeness (QED) is 0.642. The van der Waals surface area contributed by atoms with E-state index in [2.05, 4.69) is 10.6 Å². The Morgan fingerprint density at radius 3 is 2.11 bits per heavy atom. The molecule has 0 aromatic heterocycles. The highest BCUT2D eigenvalue weighted by Crippen LogP contribution is 2.17. The van der Waals surface area contributed by atoms with E-state index in [0.29, 0.717) is 5.56 Å². The fourth-order valence-corrected chi connectivity index (χ4v) is 3.05. The maximum atomic E-state index is 12.1. The Labute approximate surface area is 159 Å². The number of hydrogen-bond donors (Lipinski definition) is 3. The van der Waals surface area contributed by atoms with Crippen LogP contribution in [0.4, 0.5) is 18.9 Å². The van der Waals surface area contributed by atoms with Gasteiger partial charge in [-0.3, -0.25) is 9.59 Å². The van der Waals surface area contributed by atoms with Gasteiger partial charge in [-0.2, -0.15) is 13.2 Å². The minimum absolute atomic E-state index is 0.216. The van der Waals surface area contributed by atoms with Crippen LogP contribution in [-0.2, 0) is 14.8 Å². The van der Waals surface area contributed by atoms with E-state index in [1.807, 2.05) is 0 Å². The number of alkyl halides is 3. The van der Waals surface area contributed by atoms with Crippen molar-refractivity contribution in [2.75, 3.05) is 18.4 Å². The van der Waals surface area contributed by atoms with Gasteiger partial charge in [0.1, 0.15) is 6.54 Å².